The van der Waals surface area contributed by atoms with Gasteiger partial charge in [0.1, 0.15) is 0 Å². The topological polar surface area (TPSA) is 81.7 Å². The Morgan fingerprint density at radius 3 is 2.32 bits per heavy atom. The predicted molar refractivity (Wildman–Crippen MR) is 91.3 cm³/mol. The van der Waals surface area contributed by atoms with Gasteiger partial charge < -0.3 is 14.8 Å². The van der Waals surface area contributed by atoms with E-state index in [0.717, 1.165) is 17.7 Å². The first-order valence-corrected chi connectivity index (χ1v) is 8.25. The van der Waals surface area contributed by atoms with E-state index < -0.39 is 17.9 Å². The number of rotatable bonds is 7. The lowest BCUT2D eigenvalue weighted by Crippen LogP contribution is -2.30. The summed E-state index contributed by atoms with van der Waals surface area (Å²) in [6.45, 7) is 0.577. The zero-order chi connectivity index (χ0) is 18.2. The van der Waals surface area contributed by atoms with Crippen LogP contribution >= 0.6 is 0 Å². The van der Waals surface area contributed by atoms with E-state index in [1.807, 2.05) is 30.3 Å². The number of carbonyl (C=O) groups excluding carboxylic acids is 3. The molecule has 1 aromatic rings. The Labute approximate surface area is 147 Å². The number of nitrogens with one attached hydrogen (secondary N) is 1. The molecule has 6 nitrogen and oxygen atoms in total. The van der Waals surface area contributed by atoms with E-state index >= 15 is 0 Å². The fourth-order valence-electron chi connectivity index (χ4n) is 2.88. The number of hydrogen-bond acceptors (Lipinski definition) is 6. The van der Waals surface area contributed by atoms with Gasteiger partial charge in [0.05, 0.1) is 14.2 Å². The summed E-state index contributed by atoms with van der Waals surface area (Å²) in [5.41, 5.74) is 2.37. The molecule has 1 aliphatic carbocycles. The van der Waals surface area contributed by atoms with E-state index in [9.17, 15) is 14.4 Å². The third-order valence-corrected chi connectivity index (χ3v) is 4.26. The lowest BCUT2D eigenvalue weighted by molar-refractivity contribution is -0.158. The van der Waals surface area contributed by atoms with Gasteiger partial charge in [-0.25, -0.2) is 0 Å². The van der Waals surface area contributed by atoms with Crippen molar-refractivity contribution < 1.29 is 23.9 Å². The van der Waals surface area contributed by atoms with Crippen LogP contribution in [0.3, 0.4) is 0 Å². The highest BCUT2D eigenvalue weighted by Crippen LogP contribution is 2.27. The van der Waals surface area contributed by atoms with Crippen LogP contribution in [0.4, 0.5) is 0 Å². The molecule has 1 aliphatic rings. The van der Waals surface area contributed by atoms with Crippen LogP contribution in [0.1, 0.15) is 31.2 Å². The Morgan fingerprint density at radius 2 is 1.72 bits per heavy atom. The number of carbonyl (C=O) groups is 3. The largest absolute Gasteiger partial charge is 0.468 e. The van der Waals surface area contributed by atoms with Gasteiger partial charge in [0.25, 0.3) is 0 Å². The molecule has 2 rings (SSSR count). The minimum Gasteiger partial charge on any atom is -0.468 e. The van der Waals surface area contributed by atoms with Gasteiger partial charge in [-0.1, -0.05) is 30.3 Å². The van der Waals surface area contributed by atoms with Gasteiger partial charge in [-0.2, -0.15) is 0 Å². The second-order valence-corrected chi connectivity index (χ2v) is 5.88. The van der Waals surface area contributed by atoms with Crippen molar-refractivity contribution in [1.82, 2.24) is 5.32 Å². The zero-order valence-corrected chi connectivity index (χ0v) is 14.5. The lowest BCUT2D eigenvalue weighted by Gasteiger charge is -2.23. The number of benzene rings is 1. The third-order valence-electron chi connectivity index (χ3n) is 4.26. The Morgan fingerprint density at radius 1 is 1.08 bits per heavy atom. The summed E-state index contributed by atoms with van der Waals surface area (Å²) in [6.07, 6.45) is 1.87. The molecule has 0 spiro atoms. The molecule has 0 unspecified atom stereocenters. The van der Waals surface area contributed by atoms with E-state index in [-0.39, 0.29) is 12.2 Å². The predicted octanol–water partition coefficient (Wildman–Crippen LogP) is 2.14. The molecule has 25 heavy (non-hydrogen) atoms. The minimum atomic E-state index is -1.12. The number of Topliss-reactive ketones (excluding diaryl/α,β-unsaturated/α-hetero) is 1. The number of hydrogen-bond donors (Lipinski definition) is 1. The molecule has 0 radical (unpaired) electrons. The summed E-state index contributed by atoms with van der Waals surface area (Å²) < 4.78 is 9.37. The second-order valence-electron chi connectivity index (χ2n) is 5.88. The number of esters is 2. The first-order chi connectivity index (χ1) is 12.1. The molecule has 0 atom stereocenters. The summed E-state index contributed by atoms with van der Waals surface area (Å²) >= 11 is 0. The van der Waals surface area contributed by atoms with Crippen LogP contribution in [-0.2, 0) is 30.4 Å². The normalized spacial score (nSPS) is 14.4. The maximum absolute atomic E-state index is 12.4. The molecule has 0 aliphatic heterocycles. The van der Waals surface area contributed by atoms with Crippen molar-refractivity contribution in [2.24, 2.45) is 5.92 Å². The van der Waals surface area contributed by atoms with Crippen molar-refractivity contribution >= 4 is 17.7 Å². The SMILES string of the molecule is COC(=O)C(CC1=C(NCc2ccccc2)CCCC1=O)C(=O)OC. The number of ether oxygens (including phenoxy) is 2. The van der Waals surface area contributed by atoms with Gasteiger partial charge >= 0.3 is 11.9 Å². The van der Waals surface area contributed by atoms with Crippen molar-refractivity contribution in [3.8, 4) is 0 Å². The van der Waals surface area contributed by atoms with Crippen molar-refractivity contribution in [3.63, 3.8) is 0 Å². The number of allylic oxidation sites excluding steroid dienone is 2. The fourth-order valence-corrected chi connectivity index (χ4v) is 2.88. The van der Waals surface area contributed by atoms with Gasteiger partial charge in [-0.3, -0.25) is 14.4 Å². The maximum Gasteiger partial charge on any atom is 0.320 e. The third kappa shape index (κ3) is 4.92. The van der Waals surface area contributed by atoms with E-state index in [2.05, 4.69) is 14.8 Å². The Kier molecular flexibility index (Phi) is 6.74. The first kappa shape index (κ1) is 18.7. The summed E-state index contributed by atoms with van der Waals surface area (Å²) in [4.78, 5) is 36.2. The van der Waals surface area contributed by atoms with Gasteiger partial charge in [0.2, 0.25) is 0 Å². The fraction of sp³-hybridized carbons (Fsp3) is 0.421. The van der Waals surface area contributed by atoms with Gasteiger partial charge in [0, 0.05) is 30.7 Å². The molecule has 0 bridgehead atoms. The Bertz CT molecular complexity index is 650. The van der Waals surface area contributed by atoms with Crippen LogP contribution in [0, 0.1) is 5.92 Å². The van der Waals surface area contributed by atoms with E-state index in [1.165, 1.54) is 14.2 Å². The standard InChI is InChI=1S/C19H23NO5/c1-24-18(22)15(19(23)25-2)11-14-16(9-6-10-17(14)21)20-12-13-7-4-3-5-8-13/h3-5,7-8,15,20H,6,9-12H2,1-2H3. The van der Waals surface area contributed by atoms with Gasteiger partial charge in [0.15, 0.2) is 11.7 Å². The van der Waals surface area contributed by atoms with E-state index in [4.69, 9.17) is 0 Å². The van der Waals surface area contributed by atoms with Gasteiger partial charge in [-0.15, -0.1) is 0 Å². The molecule has 0 aromatic heterocycles. The van der Waals surface area contributed by atoms with Crippen molar-refractivity contribution in [2.45, 2.75) is 32.2 Å². The van der Waals surface area contributed by atoms with Crippen LogP contribution in [0.25, 0.3) is 0 Å². The molecule has 1 N–H and O–H groups in total. The maximum atomic E-state index is 12.4. The summed E-state index contributed by atoms with van der Waals surface area (Å²) in [5, 5.41) is 3.29. The molecule has 1 aromatic carbocycles. The highest BCUT2D eigenvalue weighted by Gasteiger charge is 2.33. The second kappa shape index (κ2) is 9.01. The quantitative estimate of drug-likeness (QED) is 0.602. The average Bonchev–Trinajstić information content (AvgIpc) is 2.65. The molecule has 134 valence electrons. The Balaban J connectivity index is 2.21. The molecule has 0 heterocycles. The molecular formula is C19H23NO5. The molecule has 0 saturated carbocycles. The van der Waals surface area contributed by atoms with Gasteiger partial charge in [-0.05, 0) is 18.4 Å². The lowest BCUT2D eigenvalue weighted by atomic mass is 9.87. The first-order valence-electron chi connectivity index (χ1n) is 8.25. The summed E-state index contributed by atoms with van der Waals surface area (Å²) in [5.74, 6) is -2.56. The van der Waals surface area contributed by atoms with E-state index in [0.29, 0.717) is 25.0 Å². The monoisotopic (exact) mass is 345 g/mol. The van der Waals surface area contributed by atoms with Crippen LogP contribution in [-0.4, -0.2) is 31.9 Å². The number of ketones is 1. The van der Waals surface area contributed by atoms with Crippen molar-refractivity contribution in [3.05, 3.63) is 47.2 Å². The minimum absolute atomic E-state index is 0.00466. The van der Waals surface area contributed by atoms with E-state index in [1.54, 1.807) is 0 Å². The van der Waals surface area contributed by atoms with Crippen LogP contribution in [0.5, 0.6) is 0 Å². The molecule has 0 fully saturated rings. The van der Waals surface area contributed by atoms with Crippen LogP contribution < -0.4 is 5.32 Å². The van der Waals surface area contributed by atoms with Crippen LogP contribution in [0.15, 0.2) is 41.6 Å². The average molecular weight is 345 g/mol. The van der Waals surface area contributed by atoms with Crippen LogP contribution in [0.2, 0.25) is 0 Å². The number of methoxy groups -OCH3 is 2. The Hall–Kier alpha value is -2.63. The zero-order valence-electron chi connectivity index (χ0n) is 14.5. The summed E-state index contributed by atoms with van der Waals surface area (Å²) in [7, 11) is 2.42. The molecule has 0 saturated heterocycles. The molecule has 0 amide bonds. The summed E-state index contributed by atoms with van der Waals surface area (Å²) in [6, 6.07) is 9.81. The van der Waals surface area contributed by atoms with Crippen molar-refractivity contribution in [1.29, 1.82) is 0 Å². The highest BCUT2D eigenvalue weighted by molar-refractivity contribution is 6.01. The highest BCUT2D eigenvalue weighted by atomic mass is 16.5. The molecule has 6 heteroatoms. The smallest absolute Gasteiger partial charge is 0.320 e. The van der Waals surface area contributed by atoms with Crippen molar-refractivity contribution in [2.75, 3.05) is 14.2 Å². The molecular weight excluding hydrogens is 322 g/mol.